The van der Waals surface area contributed by atoms with E-state index >= 15 is 0 Å². The molecule has 0 spiro atoms. The SMILES string of the molecule is CCOc1cc(/C=C2/C(=O)NC(=S)N(c3ccccc3)C2=O)cc(I)c1OCC(=O)Nc1ccc(C)c(Cl)c1. The van der Waals surface area contributed by atoms with Crippen LogP contribution in [0.15, 0.2) is 66.2 Å². The van der Waals surface area contributed by atoms with Crippen LogP contribution in [0, 0.1) is 10.5 Å². The van der Waals surface area contributed by atoms with Crippen molar-refractivity contribution in [3.8, 4) is 11.5 Å². The summed E-state index contributed by atoms with van der Waals surface area (Å²) in [5.74, 6) is -0.792. The topological polar surface area (TPSA) is 97.0 Å². The highest BCUT2D eigenvalue weighted by molar-refractivity contribution is 14.1. The van der Waals surface area contributed by atoms with E-state index in [-0.39, 0.29) is 23.2 Å². The Hall–Kier alpha value is -3.48. The number of amides is 3. The van der Waals surface area contributed by atoms with Gasteiger partial charge in [0, 0.05) is 10.7 Å². The van der Waals surface area contributed by atoms with E-state index < -0.39 is 11.8 Å². The van der Waals surface area contributed by atoms with Crippen molar-refractivity contribution in [2.45, 2.75) is 13.8 Å². The molecular formula is C28H23ClIN3O5S. The van der Waals surface area contributed by atoms with E-state index in [0.29, 0.717) is 43.6 Å². The van der Waals surface area contributed by atoms with Crippen LogP contribution < -0.4 is 25.0 Å². The molecule has 0 aromatic heterocycles. The maximum Gasteiger partial charge on any atom is 0.270 e. The summed E-state index contributed by atoms with van der Waals surface area (Å²) in [5, 5.41) is 5.88. The number of carbonyl (C=O) groups excluding carboxylic acids is 3. The van der Waals surface area contributed by atoms with Crippen molar-refractivity contribution in [1.82, 2.24) is 5.32 Å². The van der Waals surface area contributed by atoms with Gasteiger partial charge in [-0.25, -0.2) is 0 Å². The lowest BCUT2D eigenvalue weighted by molar-refractivity contribution is -0.122. The van der Waals surface area contributed by atoms with Crippen molar-refractivity contribution >= 4 is 86.7 Å². The van der Waals surface area contributed by atoms with Gasteiger partial charge in [-0.15, -0.1) is 0 Å². The molecule has 39 heavy (non-hydrogen) atoms. The van der Waals surface area contributed by atoms with Crippen LogP contribution in [0.3, 0.4) is 0 Å². The zero-order valence-corrected chi connectivity index (χ0v) is 24.6. The number of nitrogens with zero attached hydrogens (tertiary/aromatic N) is 1. The number of para-hydroxylation sites is 1. The third kappa shape index (κ3) is 6.75. The number of hydrogen-bond donors (Lipinski definition) is 2. The summed E-state index contributed by atoms with van der Waals surface area (Å²) < 4.78 is 12.2. The molecule has 0 saturated carbocycles. The van der Waals surface area contributed by atoms with E-state index in [1.54, 1.807) is 48.5 Å². The monoisotopic (exact) mass is 675 g/mol. The van der Waals surface area contributed by atoms with Crippen molar-refractivity contribution in [3.05, 3.63) is 86.0 Å². The van der Waals surface area contributed by atoms with E-state index in [4.69, 9.17) is 33.3 Å². The predicted octanol–water partition coefficient (Wildman–Crippen LogP) is 5.50. The normalized spacial score (nSPS) is 14.3. The molecule has 0 unspecified atom stereocenters. The summed E-state index contributed by atoms with van der Waals surface area (Å²) in [6.07, 6.45) is 1.47. The minimum atomic E-state index is -0.599. The van der Waals surface area contributed by atoms with Crippen LogP contribution in [0.1, 0.15) is 18.1 Å². The van der Waals surface area contributed by atoms with Crippen LogP contribution in [0.2, 0.25) is 5.02 Å². The van der Waals surface area contributed by atoms with Gasteiger partial charge in [-0.1, -0.05) is 35.9 Å². The first-order valence-electron chi connectivity index (χ1n) is 11.8. The van der Waals surface area contributed by atoms with Crippen LogP contribution >= 0.6 is 46.4 Å². The number of halogens is 2. The van der Waals surface area contributed by atoms with Gasteiger partial charge < -0.3 is 14.8 Å². The molecule has 3 amide bonds. The Bertz CT molecular complexity index is 1500. The van der Waals surface area contributed by atoms with Crippen LogP contribution in [0.4, 0.5) is 11.4 Å². The highest BCUT2D eigenvalue weighted by Gasteiger charge is 2.34. The molecular weight excluding hydrogens is 653 g/mol. The van der Waals surface area contributed by atoms with Crippen LogP contribution in [0.5, 0.6) is 11.5 Å². The molecule has 2 N–H and O–H groups in total. The largest absolute Gasteiger partial charge is 0.490 e. The Labute approximate surface area is 249 Å². The second-order valence-corrected chi connectivity index (χ2v) is 10.3. The molecule has 1 aliphatic rings. The van der Waals surface area contributed by atoms with Gasteiger partial charge in [0.05, 0.1) is 15.9 Å². The third-order valence-corrected chi connectivity index (χ3v) is 7.06. The summed E-state index contributed by atoms with van der Waals surface area (Å²) in [5.41, 5.74) is 2.45. The van der Waals surface area contributed by atoms with Gasteiger partial charge >= 0.3 is 0 Å². The van der Waals surface area contributed by atoms with Crippen LogP contribution in [0.25, 0.3) is 6.08 Å². The van der Waals surface area contributed by atoms with Gasteiger partial charge in [0.2, 0.25) is 0 Å². The van der Waals surface area contributed by atoms with Crippen molar-refractivity contribution in [2.75, 3.05) is 23.4 Å². The number of thiocarbonyl (C=S) groups is 1. The van der Waals surface area contributed by atoms with Crippen molar-refractivity contribution in [2.24, 2.45) is 0 Å². The van der Waals surface area contributed by atoms with E-state index in [2.05, 4.69) is 33.2 Å². The summed E-state index contributed by atoms with van der Waals surface area (Å²) in [6, 6.07) is 17.4. The van der Waals surface area contributed by atoms with Crippen molar-refractivity contribution in [3.63, 3.8) is 0 Å². The molecule has 3 aromatic carbocycles. The Morgan fingerprint density at radius 1 is 1.13 bits per heavy atom. The summed E-state index contributed by atoms with van der Waals surface area (Å²) >= 11 is 13.4. The quantitative estimate of drug-likeness (QED) is 0.142. The van der Waals surface area contributed by atoms with Gasteiger partial charge in [0.1, 0.15) is 5.57 Å². The fourth-order valence-electron chi connectivity index (χ4n) is 3.72. The first-order chi connectivity index (χ1) is 18.7. The molecule has 0 aliphatic carbocycles. The Morgan fingerprint density at radius 3 is 2.56 bits per heavy atom. The standard InChI is InChI=1S/C28H23ClIN3O5S/c1-3-37-23-13-17(11-20-26(35)32-28(39)33(27(20)36)19-7-5-4-6-8-19)12-22(30)25(23)38-15-24(34)31-18-10-9-16(2)21(29)14-18/h4-14H,3,15H2,1-2H3,(H,31,34)(H,32,35,39)/b20-11-. The molecule has 1 heterocycles. The first-order valence-corrected chi connectivity index (χ1v) is 13.7. The second-order valence-electron chi connectivity index (χ2n) is 8.36. The fourth-order valence-corrected chi connectivity index (χ4v) is 4.96. The highest BCUT2D eigenvalue weighted by atomic mass is 127. The fraction of sp³-hybridized carbons (Fsp3) is 0.143. The Balaban J connectivity index is 1.56. The zero-order chi connectivity index (χ0) is 28.1. The van der Waals surface area contributed by atoms with Gasteiger partial charge in [0.15, 0.2) is 23.2 Å². The highest BCUT2D eigenvalue weighted by Crippen LogP contribution is 2.35. The minimum Gasteiger partial charge on any atom is -0.490 e. The smallest absolute Gasteiger partial charge is 0.270 e. The minimum absolute atomic E-state index is 0.00729. The predicted molar refractivity (Wildman–Crippen MR) is 163 cm³/mol. The number of anilines is 2. The Kier molecular flexibility index (Phi) is 9.20. The first kappa shape index (κ1) is 28.5. The molecule has 1 saturated heterocycles. The molecule has 200 valence electrons. The number of benzene rings is 3. The van der Waals surface area contributed by atoms with Gasteiger partial charge in [-0.3, -0.25) is 24.6 Å². The van der Waals surface area contributed by atoms with Crippen LogP contribution in [-0.2, 0) is 14.4 Å². The lowest BCUT2D eigenvalue weighted by atomic mass is 10.1. The number of rotatable bonds is 8. The number of ether oxygens (including phenoxy) is 2. The Morgan fingerprint density at radius 2 is 1.87 bits per heavy atom. The van der Waals surface area contributed by atoms with Crippen LogP contribution in [-0.4, -0.2) is 36.0 Å². The van der Waals surface area contributed by atoms with Crippen molar-refractivity contribution in [1.29, 1.82) is 0 Å². The lowest BCUT2D eigenvalue weighted by Crippen LogP contribution is -2.54. The average Bonchev–Trinajstić information content (AvgIpc) is 2.89. The zero-order valence-electron chi connectivity index (χ0n) is 20.9. The number of nitrogens with one attached hydrogen (secondary N) is 2. The number of carbonyl (C=O) groups is 3. The van der Waals surface area contributed by atoms with E-state index in [0.717, 1.165) is 5.56 Å². The average molecular weight is 676 g/mol. The number of aryl methyl sites for hydroxylation is 1. The molecule has 1 fully saturated rings. The summed E-state index contributed by atoms with van der Waals surface area (Å²) in [6.45, 7) is 3.74. The summed E-state index contributed by atoms with van der Waals surface area (Å²) in [4.78, 5) is 39.8. The molecule has 0 atom stereocenters. The third-order valence-electron chi connectivity index (χ3n) is 5.56. The molecule has 8 nitrogen and oxygen atoms in total. The van der Waals surface area contributed by atoms with Crippen molar-refractivity contribution < 1.29 is 23.9 Å². The van der Waals surface area contributed by atoms with E-state index in [1.807, 2.05) is 26.0 Å². The van der Waals surface area contributed by atoms with Gasteiger partial charge in [-0.2, -0.15) is 0 Å². The molecule has 3 aromatic rings. The molecule has 11 heteroatoms. The lowest BCUT2D eigenvalue weighted by Gasteiger charge is -2.28. The number of hydrogen-bond acceptors (Lipinski definition) is 6. The molecule has 4 rings (SSSR count). The van der Waals surface area contributed by atoms with E-state index in [1.165, 1.54) is 11.0 Å². The summed E-state index contributed by atoms with van der Waals surface area (Å²) in [7, 11) is 0. The molecule has 0 radical (unpaired) electrons. The van der Waals surface area contributed by atoms with E-state index in [9.17, 15) is 14.4 Å². The second kappa shape index (κ2) is 12.6. The molecule has 0 bridgehead atoms. The van der Waals surface area contributed by atoms with Gasteiger partial charge in [0.25, 0.3) is 17.7 Å². The molecule has 1 aliphatic heterocycles. The maximum absolute atomic E-state index is 13.3. The maximum atomic E-state index is 13.3. The van der Waals surface area contributed by atoms with Gasteiger partial charge in [-0.05, 0) is 102 Å².